The molecule has 0 aliphatic carbocycles. The van der Waals surface area contributed by atoms with E-state index in [-0.39, 0.29) is 5.57 Å². The lowest BCUT2D eigenvalue weighted by molar-refractivity contribution is -0.129. The molecule has 0 radical (unpaired) electrons. The van der Waals surface area contributed by atoms with Gasteiger partial charge in [0.2, 0.25) is 0 Å². The number of ether oxygens (including phenoxy) is 1. The number of benzene rings is 1. The van der Waals surface area contributed by atoms with Gasteiger partial charge in [0.05, 0.1) is 0 Å². The quantitative estimate of drug-likeness (QED) is 0.332. The smallest absolute Gasteiger partial charge is 0.354 e. The van der Waals surface area contributed by atoms with Gasteiger partial charge in [-0.1, -0.05) is 19.1 Å². The molecule has 0 spiro atoms. The Morgan fingerprint density at radius 3 is 2.46 bits per heavy atom. The zero-order valence-electron chi connectivity index (χ0n) is 16.4. The summed E-state index contributed by atoms with van der Waals surface area (Å²) in [5.74, 6) is -0.0859. The summed E-state index contributed by atoms with van der Waals surface area (Å²) in [7, 11) is 0. The van der Waals surface area contributed by atoms with E-state index in [1.165, 1.54) is 0 Å². The molecular formula is C22H26N2O2. The van der Waals surface area contributed by atoms with Crippen LogP contribution in [0.3, 0.4) is 0 Å². The van der Waals surface area contributed by atoms with Crippen molar-refractivity contribution in [1.82, 2.24) is 4.57 Å². The number of esters is 1. The summed E-state index contributed by atoms with van der Waals surface area (Å²) in [5, 5.41) is 9.47. The van der Waals surface area contributed by atoms with E-state index < -0.39 is 5.97 Å². The van der Waals surface area contributed by atoms with Gasteiger partial charge < -0.3 is 9.30 Å². The maximum atomic E-state index is 12.6. The third kappa shape index (κ3) is 3.88. The molecular weight excluding hydrogens is 324 g/mol. The Kier molecular flexibility index (Phi) is 6.05. The van der Waals surface area contributed by atoms with E-state index >= 15 is 0 Å². The monoisotopic (exact) mass is 350 g/mol. The zero-order chi connectivity index (χ0) is 19.4. The molecule has 136 valence electrons. The third-order valence-electron chi connectivity index (χ3n) is 4.77. The number of nitriles is 1. The topological polar surface area (TPSA) is 55.0 Å². The Morgan fingerprint density at radius 1 is 1.19 bits per heavy atom. The zero-order valence-corrected chi connectivity index (χ0v) is 16.4. The van der Waals surface area contributed by atoms with E-state index in [0.717, 1.165) is 46.6 Å². The van der Waals surface area contributed by atoms with Gasteiger partial charge in [-0.15, -0.1) is 0 Å². The van der Waals surface area contributed by atoms with Crippen molar-refractivity contribution in [3.8, 4) is 11.8 Å². The fourth-order valence-corrected chi connectivity index (χ4v) is 3.06. The first kappa shape index (κ1) is 19.5. The second-order valence-corrected chi connectivity index (χ2v) is 6.69. The van der Waals surface area contributed by atoms with Crippen molar-refractivity contribution >= 4 is 12.0 Å². The molecule has 4 nitrogen and oxygen atoms in total. The van der Waals surface area contributed by atoms with Crippen molar-refractivity contribution in [2.24, 2.45) is 0 Å². The lowest BCUT2D eigenvalue weighted by Crippen LogP contribution is -2.12. The van der Waals surface area contributed by atoms with Crippen LogP contribution in [-0.2, 0) is 11.3 Å². The number of carbonyl (C=O) groups excluding carboxylic acids is 1. The molecule has 2 rings (SSSR count). The van der Waals surface area contributed by atoms with Crippen LogP contribution in [0.4, 0.5) is 0 Å². The van der Waals surface area contributed by atoms with Crippen LogP contribution in [0.1, 0.15) is 47.0 Å². The number of carbonyl (C=O) groups is 1. The van der Waals surface area contributed by atoms with Gasteiger partial charge in [0.1, 0.15) is 17.4 Å². The minimum Gasteiger partial charge on any atom is -0.422 e. The molecule has 26 heavy (non-hydrogen) atoms. The van der Waals surface area contributed by atoms with E-state index in [9.17, 15) is 10.1 Å². The molecule has 1 aromatic carbocycles. The molecule has 0 unspecified atom stereocenters. The average molecular weight is 350 g/mol. The van der Waals surface area contributed by atoms with Crippen LogP contribution in [0, 0.1) is 45.9 Å². The molecule has 0 atom stereocenters. The van der Waals surface area contributed by atoms with Crippen molar-refractivity contribution in [1.29, 1.82) is 5.26 Å². The number of aryl methyl sites for hydroxylation is 3. The first-order chi connectivity index (χ1) is 12.3. The van der Waals surface area contributed by atoms with Crippen LogP contribution >= 0.6 is 0 Å². The molecule has 0 aliphatic rings. The molecule has 0 saturated heterocycles. The van der Waals surface area contributed by atoms with Crippen molar-refractivity contribution in [2.45, 2.75) is 54.5 Å². The molecule has 2 aromatic rings. The lowest BCUT2D eigenvalue weighted by Gasteiger charge is -2.12. The minimum atomic E-state index is -0.621. The average Bonchev–Trinajstić information content (AvgIpc) is 2.87. The largest absolute Gasteiger partial charge is 0.422 e. The van der Waals surface area contributed by atoms with Gasteiger partial charge in [-0.25, -0.2) is 4.79 Å². The fourth-order valence-electron chi connectivity index (χ4n) is 3.06. The fraction of sp³-hybridized carbons (Fsp3) is 0.364. The van der Waals surface area contributed by atoms with Gasteiger partial charge in [0.25, 0.3) is 0 Å². The maximum Gasteiger partial charge on any atom is 0.354 e. The highest BCUT2D eigenvalue weighted by Gasteiger charge is 2.17. The second-order valence-electron chi connectivity index (χ2n) is 6.69. The third-order valence-corrected chi connectivity index (χ3v) is 4.77. The molecule has 4 heteroatoms. The SMILES string of the molecule is CCCn1c(C)cc(/C=C(\C#N)C(=O)Oc2c(C)ccc(C)c2C)c1C. The summed E-state index contributed by atoms with van der Waals surface area (Å²) in [6, 6.07) is 7.90. The number of nitrogens with zero attached hydrogens (tertiary/aromatic N) is 2. The predicted octanol–water partition coefficient (Wildman–Crippen LogP) is 4.95. The summed E-state index contributed by atoms with van der Waals surface area (Å²) in [6.07, 6.45) is 2.65. The summed E-state index contributed by atoms with van der Waals surface area (Å²) >= 11 is 0. The highest BCUT2D eigenvalue weighted by molar-refractivity contribution is 5.99. The van der Waals surface area contributed by atoms with Gasteiger partial charge in [-0.2, -0.15) is 5.26 Å². The van der Waals surface area contributed by atoms with E-state index in [4.69, 9.17) is 4.74 Å². The van der Waals surface area contributed by atoms with Crippen LogP contribution in [0.2, 0.25) is 0 Å². The molecule has 0 fully saturated rings. The Hall–Kier alpha value is -2.80. The maximum absolute atomic E-state index is 12.6. The van der Waals surface area contributed by atoms with Crippen LogP contribution < -0.4 is 4.74 Å². The standard InChI is InChI=1S/C22H26N2O2/c1-7-10-24-16(4)11-19(18(24)6)12-20(13-23)22(25)26-21-15(3)9-8-14(2)17(21)5/h8-9,11-12H,7,10H2,1-6H3/b20-12+. The highest BCUT2D eigenvalue weighted by atomic mass is 16.5. The highest BCUT2D eigenvalue weighted by Crippen LogP contribution is 2.27. The number of aromatic nitrogens is 1. The lowest BCUT2D eigenvalue weighted by atomic mass is 10.1. The molecule has 0 bridgehead atoms. The molecule has 1 aromatic heterocycles. The second kappa shape index (κ2) is 8.05. The van der Waals surface area contributed by atoms with Gasteiger partial charge in [-0.3, -0.25) is 0 Å². The van der Waals surface area contributed by atoms with Gasteiger partial charge in [0.15, 0.2) is 0 Å². The van der Waals surface area contributed by atoms with E-state index in [1.54, 1.807) is 6.08 Å². The first-order valence-corrected chi connectivity index (χ1v) is 8.87. The number of rotatable bonds is 5. The molecule has 0 aliphatic heterocycles. The Bertz CT molecular complexity index is 911. The Labute approximate surface area is 155 Å². The van der Waals surface area contributed by atoms with Crippen LogP contribution in [0.15, 0.2) is 23.8 Å². The van der Waals surface area contributed by atoms with Gasteiger partial charge in [-0.05, 0) is 75.4 Å². The molecule has 0 saturated carbocycles. The normalized spacial score (nSPS) is 11.3. The minimum absolute atomic E-state index is 0.00190. The summed E-state index contributed by atoms with van der Waals surface area (Å²) in [6.45, 7) is 12.9. The number of hydrogen-bond donors (Lipinski definition) is 0. The predicted molar refractivity (Wildman–Crippen MR) is 104 cm³/mol. The van der Waals surface area contributed by atoms with Crippen molar-refractivity contribution in [3.05, 3.63) is 57.4 Å². The van der Waals surface area contributed by atoms with Crippen LogP contribution in [0.5, 0.6) is 5.75 Å². The van der Waals surface area contributed by atoms with Crippen LogP contribution in [0.25, 0.3) is 6.08 Å². The van der Waals surface area contributed by atoms with Gasteiger partial charge in [0, 0.05) is 17.9 Å². The summed E-state index contributed by atoms with van der Waals surface area (Å²) in [4.78, 5) is 12.6. The van der Waals surface area contributed by atoms with E-state index in [1.807, 2.05) is 58.9 Å². The Balaban J connectivity index is 2.36. The number of hydrogen-bond acceptors (Lipinski definition) is 3. The van der Waals surface area contributed by atoms with Crippen LogP contribution in [-0.4, -0.2) is 10.5 Å². The Morgan fingerprint density at radius 2 is 1.85 bits per heavy atom. The van der Waals surface area contributed by atoms with E-state index in [2.05, 4.69) is 11.5 Å². The summed E-state index contributed by atoms with van der Waals surface area (Å²) in [5.41, 5.74) is 5.88. The molecule has 0 amide bonds. The molecule has 0 N–H and O–H groups in total. The van der Waals surface area contributed by atoms with Crippen molar-refractivity contribution < 1.29 is 9.53 Å². The van der Waals surface area contributed by atoms with Crippen molar-refractivity contribution in [2.75, 3.05) is 0 Å². The van der Waals surface area contributed by atoms with E-state index in [0.29, 0.717) is 5.75 Å². The van der Waals surface area contributed by atoms with Crippen molar-refractivity contribution in [3.63, 3.8) is 0 Å². The first-order valence-electron chi connectivity index (χ1n) is 8.87. The molecule has 1 heterocycles. The van der Waals surface area contributed by atoms with Gasteiger partial charge >= 0.3 is 5.97 Å². The summed E-state index contributed by atoms with van der Waals surface area (Å²) < 4.78 is 7.77.